The van der Waals surface area contributed by atoms with Gasteiger partial charge in [-0.05, 0) is 57.5 Å². The Balaban J connectivity index is 0.00000480. The lowest BCUT2D eigenvalue weighted by atomic mass is 9.98. The molecule has 10 heteroatoms. The van der Waals surface area contributed by atoms with E-state index < -0.39 is 10.0 Å². The van der Waals surface area contributed by atoms with E-state index in [1.165, 1.54) is 26.4 Å². The summed E-state index contributed by atoms with van der Waals surface area (Å²) in [6, 6.07) is 6.91. The minimum Gasteiger partial charge on any atom is -0.383 e. The van der Waals surface area contributed by atoms with Crippen molar-refractivity contribution in [2.45, 2.75) is 50.1 Å². The van der Waals surface area contributed by atoms with Gasteiger partial charge < -0.3 is 15.4 Å². The average molecular weight is 568 g/mol. The van der Waals surface area contributed by atoms with Crippen molar-refractivity contribution >= 4 is 40.0 Å². The van der Waals surface area contributed by atoms with Gasteiger partial charge in [-0.3, -0.25) is 9.89 Å². The van der Waals surface area contributed by atoms with Gasteiger partial charge in [-0.15, -0.1) is 24.0 Å². The van der Waals surface area contributed by atoms with Gasteiger partial charge >= 0.3 is 0 Å². The predicted molar refractivity (Wildman–Crippen MR) is 137 cm³/mol. The zero-order valence-corrected chi connectivity index (χ0v) is 22.3. The Morgan fingerprint density at radius 1 is 1.19 bits per heavy atom. The Hall–Kier alpha value is -0.950. The van der Waals surface area contributed by atoms with Crippen LogP contribution in [0.1, 0.15) is 38.7 Å². The first-order valence-electron chi connectivity index (χ1n) is 10.6. The van der Waals surface area contributed by atoms with Gasteiger partial charge in [-0.25, -0.2) is 13.1 Å². The summed E-state index contributed by atoms with van der Waals surface area (Å²) in [4.78, 5) is 7.08. The van der Waals surface area contributed by atoms with Crippen molar-refractivity contribution in [1.29, 1.82) is 0 Å². The number of aliphatic imine (C=N–C) groups is 1. The smallest absolute Gasteiger partial charge is 0.240 e. The number of ether oxygens (including phenoxy) is 1. The number of piperidine rings is 1. The van der Waals surface area contributed by atoms with Gasteiger partial charge in [0.25, 0.3) is 0 Å². The molecule has 1 fully saturated rings. The van der Waals surface area contributed by atoms with Gasteiger partial charge in [0, 0.05) is 39.3 Å². The molecule has 1 aliphatic rings. The molecule has 8 nitrogen and oxygen atoms in total. The van der Waals surface area contributed by atoms with E-state index in [0.717, 1.165) is 25.2 Å². The molecule has 1 saturated heterocycles. The Bertz CT molecular complexity index is 796. The molecule has 1 aromatic rings. The van der Waals surface area contributed by atoms with E-state index in [0.29, 0.717) is 19.1 Å². The van der Waals surface area contributed by atoms with Crippen LogP contribution in [0, 0.1) is 0 Å². The maximum atomic E-state index is 12.4. The Kier molecular flexibility index (Phi) is 12.3. The normalized spacial score (nSPS) is 15.9. The van der Waals surface area contributed by atoms with Crippen LogP contribution in [0.25, 0.3) is 0 Å². The van der Waals surface area contributed by atoms with Crippen molar-refractivity contribution in [2.24, 2.45) is 4.99 Å². The number of nitrogens with zero attached hydrogens (tertiary/aromatic N) is 2. The molecule has 0 radical (unpaired) electrons. The number of rotatable bonds is 10. The number of guanidine groups is 1. The van der Waals surface area contributed by atoms with Crippen LogP contribution in [0.3, 0.4) is 0 Å². The van der Waals surface area contributed by atoms with Crippen LogP contribution in [0.4, 0.5) is 0 Å². The van der Waals surface area contributed by atoms with Crippen LogP contribution in [-0.2, 0) is 21.3 Å². The number of hydrogen-bond donors (Lipinski definition) is 3. The van der Waals surface area contributed by atoms with E-state index in [9.17, 15) is 8.42 Å². The van der Waals surface area contributed by atoms with Gasteiger partial charge in [0.05, 0.1) is 11.5 Å². The van der Waals surface area contributed by atoms with E-state index in [1.54, 1.807) is 25.2 Å². The number of methoxy groups -OCH3 is 1. The predicted octanol–water partition coefficient (Wildman–Crippen LogP) is 2.16. The van der Waals surface area contributed by atoms with Crippen molar-refractivity contribution in [3.05, 3.63) is 29.8 Å². The van der Waals surface area contributed by atoms with Crippen molar-refractivity contribution < 1.29 is 13.2 Å². The second kappa shape index (κ2) is 13.6. The summed E-state index contributed by atoms with van der Waals surface area (Å²) in [6.07, 6.45) is 3.84. The second-order valence-electron chi connectivity index (χ2n) is 8.18. The molecule has 0 amide bonds. The van der Waals surface area contributed by atoms with Crippen molar-refractivity contribution in [3.8, 4) is 0 Å². The first kappa shape index (κ1) is 28.1. The van der Waals surface area contributed by atoms with Crippen LogP contribution in [0.5, 0.6) is 0 Å². The van der Waals surface area contributed by atoms with E-state index in [-0.39, 0.29) is 41.0 Å². The summed E-state index contributed by atoms with van der Waals surface area (Å²) in [6.45, 7) is 8.62. The molecular weight excluding hydrogens is 529 g/mol. The lowest BCUT2D eigenvalue weighted by Gasteiger charge is -2.41. The highest BCUT2D eigenvalue weighted by molar-refractivity contribution is 14.0. The van der Waals surface area contributed by atoms with Gasteiger partial charge in [-0.1, -0.05) is 18.6 Å². The zero-order chi connectivity index (χ0) is 22.0. The van der Waals surface area contributed by atoms with Crippen LogP contribution in [0.15, 0.2) is 34.2 Å². The van der Waals surface area contributed by atoms with E-state index >= 15 is 0 Å². The fourth-order valence-corrected chi connectivity index (χ4v) is 4.58. The molecule has 2 rings (SSSR count). The number of halogens is 1. The molecule has 31 heavy (non-hydrogen) atoms. The highest BCUT2D eigenvalue weighted by Crippen LogP contribution is 2.19. The second-order valence-corrected chi connectivity index (χ2v) is 9.94. The third kappa shape index (κ3) is 9.21. The van der Waals surface area contributed by atoms with E-state index in [1.807, 2.05) is 6.07 Å². The monoisotopic (exact) mass is 567 g/mol. The Morgan fingerprint density at radius 3 is 2.55 bits per heavy atom. The highest BCUT2D eigenvalue weighted by atomic mass is 127. The first-order valence-corrected chi connectivity index (χ1v) is 12.0. The molecule has 0 unspecified atom stereocenters. The largest absolute Gasteiger partial charge is 0.383 e. The minimum atomic E-state index is -3.55. The number of likely N-dealkylation sites (tertiary alicyclic amines) is 1. The standard InChI is InChI=1S/C21H37N5O3S.HI/c1-21(2,26-12-6-5-7-13-26)17-24-20(22-3)23-16-18-9-8-10-19(15-18)30(27,28)25-11-14-29-4;/h8-10,15,25H,5-7,11-14,16-17H2,1-4H3,(H2,22,23,24);1H. The highest BCUT2D eigenvalue weighted by Gasteiger charge is 2.27. The summed E-state index contributed by atoms with van der Waals surface area (Å²) < 4.78 is 32.2. The van der Waals surface area contributed by atoms with Gasteiger partial charge in [0.2, 0.25) is 10.0 Å². The molecule has 1 aliphatic heterocycles. The molecular formula is C21H38IN5O3S. The molecule has 0 aromatic heterocycles. The number of hydrogen-bond acceptors (Lipinski definition) is 5. The summed E-state index contributed by atoms with van der Waals surface area (Å²) in [5, 5.41) is 6.69. The first-order chi connectivity index (χ1) is 14.3. The molecule has 0 spiro atoms. The molecule has 0 bridgehead atoms. The summed E-state index contributed by atoms with van der Waals surface area (Å²) in [5.74, 6) is 0.701. The summed E-state index contributed by atoms with van der Waals surface area (Å²) >= 11 is 0. The van der Waals surface area contributed by atoms with Crippen LogP contribution in [0.2, 0.25) is 0 Å². The Morgan fingerprint density at radius 2 is 1.90 bits per heavy atom. The summed E-state index contributed by atoms with van der Waals surface area (Å²) in [5.41, 5.74) is 0.905. The molecule has 0 saturated carbocycles. The Labute approximate surface area is 204 Å². The van der Waals surface area contributed by atoms with Gasteiger partial charge in [0.15, 0.2) is 5.96 Å². The van der Waals surface area contributed by atoms with E-state index in [2.05, 4.69) is 39.1 Å². The van der Waals surface area contributed by atoms with Crippen LogP contribution in [-0.4, -0.2) is 71.8 Å². The fourth-order valence-electron chi connectivity index (χ4n) is 3.50. The number of benzene rings is 1. The zero-order valence-electron chi connectivity index (χ0n) is 19.1. The van der Waals surface area contributed by atoms with Gasteiger partial charge in [0.1, 0.15) is 0 Å². The SMILES string of the molecule is CN=C(NCc1cccc(S(=O)(=O)NCCOC)c1)NCC(C)(C)N1CCCCC1.I. The van der Waals surface area contributed by atoms with Crippen LogP contribution >= 0.6 is 24.0 Å². The summed E-state index contributed by atoms with van der Waals surface area (Å²) in [7, 11) is -0.274. The topological polar surface area (TPSA) is 95.1 Å². The maximum Gasteiger partial charge on any atom is 0.240 e. The number of nitrogens with one attached hydrogen (secondary N) is 3. The molecule has 0 aliphatic carbocycles. The van der Waals surface area contributed by atoms with Crippen molar-refractivity contribution in [2.75, 3.05) is 46.9 Å². The third-order valence-corrected chi connectivity index (χ3v) is 6.85. The van der Waals surface area contributed by atoms with E-state index in [4.69, 9.17) is 4.74 Å². The minimum absolute atomic E-state index is 0. The average Bonchev–Trinajstić information content (AvgIpc) is 2.75. The molecule has 178 valence electrons. The van der Waals surface area contributed by atoms with Crippen molar-refractivity contribution in [3.63, 3.8) is 0 Å². The van der Waals surface area contributed by atoms with Gasteiger partial charge in [-0.2, -0.15) is 0 Å². The third-order valence-electron chi connectivity index (χ3n) is 5.39. The molecule has 1 heterocycles. The fraction of sp³-hybridized carbons (Fsp3) is 0.667. The quantitative estimate of drug-likeness (QED) is 0.174. The lowest BCUT2D eigenvalue weighted by molar-refractivity contribution is 0.0982. The maximum absolute atomic E-state index is 12.4. The lowest BCUT2D eigenvalue weighted by Crippen LogP contribution is -2.54. The molecule has 1 aromatic carbocycles. The van der Waals surface area contributed by atoms with Crippen LogP contribution < -0.4 is 15.4 Å². The molecule has 3 N–H and O–H groups in total. The number of sulfonamides is 1. The molecule has 0 atom stereocenters. The van der Waals surface area contributed by atoms with Crippen molar-refractivity contribution in [1.82, 2.24) is 20.3 Å².